The van der Waals surface area contributed by atoms with Crippen LogP contribution < -0.4 is 9.64 Å². The average molecular weight is 478 g/mol. The van der Waals surface area contributed by atoms with Crippen molar-refractivity contribution in [3.05, 3.63) is 23.8 Å². The molecule has 2 saturated heterocycles. The molecule has 2 aromatic rings. The number of benzene rings is 1. The van der Waals surface area contributed by atoms with Gasteiger partial charge >= 0.3 is 0 Å². The van der Waals surface area contributed by atoms with Crippen molar-refractivity contribution in [2.24, 2.45) is 5.92 Å². The van der Waals surface area contributed by atoms with Crippen LogP contribution in [0.3, 0.4) is 0 Å². The fourth-order valence-electron chi connectivity index (χ4n) is 4.54. The van der Waals surface area contributed by atoms with E-state index in [1.807, 2.05) is 30.6 Å². The van der Waals surface area contributed by atoms with Crippen molar-refractivity contribution in [2.45, 2.75) is 33.2 Å². The van der Waals surface area contributed by atoms with Crippen LogP contribution in [0.4, 0.5) is 14.6 Å². The van der Waals surface area contributed by atoms with Crippen LogP contribution in [0, 0.1) is 17.6 Å². The highest BCUT2D eigenvalue weighted by Crippen LogP contribution is 2.32. The molecule has 10 heteroatoms. The Kier molecular flexibility index (Phi) is 7.77. The number of rotatable bonds is 8. The largest absolute Gasteiger partial charge is 0.474 e. The summed E-state index contributed by atoms with van der Waals surface area (Å²) in [5.74, 6) is -1.10. The molecule has 0 unspecified atom stereocenters. The van der Waals surface area contributed by atoms with Gasteiger partial charge in [0.15, 0.2) is 17.5 Å². The first-order valence-corrected chi connectivity index (χ1v) is 12.0. The second-order valence-electron chi connectivity index (χ2n) is 9.08. The maximum Gasteiger partial charge on any atom is 0.258 e. The molecular weight excluding hydrogens is 444 g/mol. The average Bonchev–Trinajstić information content (AvgIpc) is 3.30. The summed E-state index contributed by atoms with van der Waals surface area (Å²) in [6.07, 6.45) is 0.789. The number of carbonyl (C=O) groups is 1. The number of ether oxygens (including phenoxy) is 2. The van der Waals surface area contributed by atoms with E-state index in [1.54, 1.807) is 0 Å². The number of amides is 1. The minimum absolute atomic E-state index is 0.0450. The van der Waals surface area contributed by atoms with Gasteiger partial charge in [0.25, 0.3) is 5.88 Å². The Morgan fingerprint density at radius 3 is 2.50 bits per heavy atom. The van der Waals surface area contributed by atoms with Gasteiger partial charge in [0.05, 0.1) is 30.3 Å². The standard InChI is InChI=1S/C24H33F2N5O3/c1-4-31(24(32)16(2)3)17-5-6-30(15-17)22-23(34-12-9-29-7-10-33-11-8-29)28-21-14-19(26)18(25)13-20(21)27-22/h13-14,16-17H,4-12,15H2,1-3H3/t17-/m0/s1. The van der Waals surface area contributed by atoms with E-state index >= 15 is 0 Å². The Hall–Kier alpha value is -2.59. The van der Waals surface area contributed by atoms with Gasteiger partial charge < -0.3 is 19.3 Å². The van der Waals surface area contributed by atoms with Crippen LogP contribution in [0.15, 0.2) is 12.1 Å². The molecule has 34 heavy (non-hydrogen) atoms. The van der Waals surface area contributed by atoms with E-state index in [4.69, 9.17) is 9.47 Å². The van der Waals surface area contributed by atoms with Crippen LogP contribution in [-0.4, -0.2) is 90.8 Å². The number of carbonyl (C=O) groups excluding carboxylic acids is 1. The minimum Gasteiger partial charge on any atom is -0.474 e. The van der Waals surface area contributed by atoms with E-state index in [0.717, 1.165) is 31.6 Å². The van der Waals surface area contributed by atoms with Gasteiger partial charge in [-0.05, 0) is 13.3 Å². The third-order valence-electron chi connectivity index (χ3n) is 6.43. The van der Waals surface area contributed by atoms with Crippen LogP contribution in [-0.2, 0) is 9.53 Å². The first kappa shape index (κ1) is 24.5. The summed E-state index contributed by atoms with van der Waals surface area (Å²) < 4.78 is 39.2. The zero-order chi connectivity index (χ0) is 24.2. The lowest BCUT2D eigenvalue weighted by Crippen LogP contribution is -2.44. The van der Waals surface area contributed by atoms with Crippen LogP contribution in [0.1, 0.15) is 27.2 Å². The van der Waals surface area contributed by atoms with Gasteiger partial charge in [-0.1, -0.05) is 13.8 Å². The maximum absolute atomic E-state index is 13.9. The van der Waals surface area contributed by atoms with Crippen LogP contribution >= 0.6 is 0 Å². The summed E-state index contributed by atoms with van der Waals surface area (Å²) in [7, 11) is 0. The Bertz CT molecular complexity index is 1020. The quantitative estimate of drug-likeness (QED) is 0.579. The van der Waals surface area contributed by atoms with Crippen molar-refractivity contribution < 1.29 is 23.0 Å². The third-order valence-corrected chi connectivity index (χ3v) is 6.43. The highest BCUT2D eigenvalue weighted by Gasteiger charge is 2.33. The number of morpholine rings is 1. The van der Waals surface area contributed by atoms with Gasteiger partial charge in [0.1, 0.15) is 6.61 Å². The smallest absolute Gasteiger partial charge is 0.258 e. The molecule has 2 fully saturated rings. The molecule has 1 atom stereocenters. The van der Waals surface area contributed by atoms with E-state index in [2.05, 4.69) is 14.9 Å². The third kappa shape index (κ3) is 5.38. The van der Waals surface area contributed by atoms with Crippen molar-refractivity contribution in [3.8, 4) is 5.88 Å². The summed E-state index contributed by atoms with van der Waals surface area (Å²) in [6, 6.07) is 2.15. The zero-order valence-electron chi connectivity index (χ0n) is 20.1. The van der Waals surface area contributed by atoms with Crippen molar-refractivity contribution in [1.29, 1.82) is 0 Å². The second kappa shape index (κ2) is 10.8. The molecule has 1 aromatic carbocycles. The fraction of sp³-hybridized carbons (Fsp3) is 0.625. The lowest BCUT2D eigenvalue weighted by molar-refractivity contribution is -0.136. The molecule has 2 aliphatic rings. The normalized spacial score (nSPS) is 19.2. The highest BCUT2D eigenvalue weighted by atomic mass is 19.2. The summed E-state index contributed by atoms with van der Waals surface area (Å²) in [4.78, 5) is 28.0. The van der Waals surface area contributed by atoms with Crippen molar-refractivity contribution >= 4 is 22.8 Å². The Morgan fingerprint density at radius 2 is 1.85 bits per heavy atom. The number of anilines is 1. The van der Waals surface area contributed by atoms with Gasteiger partial charge in [-0.25, -0.2) is 18.7 Å². The lowest BCUT2D eigenvalue weighted by atomic mass is 10.1. The summed E-state index contributed by atoms with van der Waals surface area (Å²) in [5.41, 5.74) is 0.508. The zero-order valence-corrected chi connectivity index (χ0v) is 20.1. The lowest BCUT2D eigenvalue weighted by Gasteiger charge is -2.30. The Morgan fingerprint density at radius 1 is 1.18 bits per heavy atom. The number of aromatic nitrogens is 2. The van der Waals surface area contributed by atoms with Gasteiger partial charge in [-0.15, -0.1) is 0 Å². The first-order chi connectivity index (χ1) is 16.4. The first-order valence-electron chi connectivity index (χ1n) is 12.0. The SMILES string of the molecule is CCN(C(=O)C(C)C)[C@H]1CCN(c2nc3cc(F)c(F)cc3nc2OCCN2CCOCC2)C1. The van der Waals surface area contributed by atoms with Gasteiger partial charge in [-0.3, -0.25) is 9.69 Å². The molecule has 0 N–H and O–H groups in total. The Labute approximate surface area is 198 Å². The van der Waals surface area contributed by atoms with Crippen LogP contribution in [0.2, 0.25) is 0 Å². The molecule has 0 saturated carbocycles. The number of hydrogen-bond donors (Lipinski definition) is 0. The molecule has 186 valence electrons. The number of fused-ring (bicyclic) bond motifs is 1. The van der Waals surface area contributed by atoms with E-state index < -0.39 is 11.6 Å². The minimum atomic E-state index is -0.971. The fourth-order valence-corrected chi connectivity index (χ4v) is 4.54. The van der Waals surface area contributed by atoms with Gasteiger partial charge in [-0.2, -0.15) is 0 Å². The number of likely N-dealkylation sites (N-methyl/N-ethyl adjacent to an activating group) is 1. The molecule has 4 rings (SSSR count). The predicted molar refractivity (Wildman–Crippen MR) is 125 cm³/mol. The molecule has 0 radical (unpaired) electrons. The molecule has 0 aliphatic carbocycles. The Balaban J connectivity index is 1.57. The van der Waals surface area contributed by atoms with E-state index in [-0.39, 0.29) is 28.9 Å². The molecule has 1 amide bonds. The van der Waals surface area contributed by atoms with Crippen molar-refractivity contribution in [1.82, 2.24) is 19.8 Å². The molecule has 0 bridgehead atoms. The van der Waals surface area contributed by atoms with Crippen molar-refractivity contribution in [3.63, 3.8) is 0 Å². The predicted octanol–water partition coefficient (Wildman–Crippen LogP) is 2.70. The summed E-state index contributed by atoms with van der Waals surface area (Å²) in [6.45, 7) is 11.8. The van der Waals surface area contributed by atoms with Gasteiger partial charge in [0.2, 0.25) is 5.91 Å². The number of nitrogens with zero attached hydrogens (tertiary/aromatic N) is 5. The van der Waals surface area contributed by atoms with Gasteiger partial charge in [0, 0.05) is 57.3 Å². The van der Waals surface area contributed by atoms with E-state index in [9.17, 15) is 13.6 Å². The maximum atomic E-state index is 13.9. The summed E-state index contributed by atoms with van der Waals surface area (Å²) in [5, 5.41) is 0. The highest BCUT2D eigenvalue weighted by molar-refractivity contribution is 5.79. The van der Waals surface area contributed by atoms with E-state index in [1.165, 1.54) is 0 Å². The summed E-state index contributed by atoms with van der Waals surface area (Å²) >= 11 is 0. The van der Waals surface area contributed by atoms with Crippen LogP contribution in [0.5, 0.6) is 5.88 Å². The molecule has 3 heterocycles. The molecule has 2 aliphatic heterocycles. The monoisotopic (exact) mass is 477 g/mol. The molecule has 8 nitrogen and oxygen atoms in total. The van der Waals surface area contributed by atoms with E-state index in [0.29, 0.717) is 57.7 Å². The molecule has 1 aromatic heterocycles. The number of hydrogen-bond acceptors (Lipinski definition) is 7. The topological polar surface area (TPSA) is 71.0 Å². The molecule has 0 spiro atoms. The van der Waals surface area contributed by atoms with Crippen LogP contribution in [0.25, 0.3) is 11.0 Å². The molecular formula is C24H33F2N5O3. The second-order valence-corrected chi connectivity index (χ2v) is 9.08. The number of halogens is 2. The van der Waals surface area contributed by atoms with Crippen molar-refractivity contribution in [2.75, 3.05) is 64.0 Å².